The van der Waals surface area contributed by atoms with E-state index in [1.54, 1.807) is 0 Å². The molecule has 1 fully saturated rings. The van der Waals surface area contributed by atoms with Crippen LogP contribution < -0.4 is 4.57 Å². The van der Waals surface area contributed by atoms with Crippen molar-refractivity contribution >= 4 is 32.8 Å². The summed E-state index contributed by atoms with van der Waals surface area (Å²) in [4.78, 5) is 0. The molecule has 0 saturated heterocycles. The van der Waals surface area contributed by atoms with Gasteiger partial charge in [0.1, 0.15) is 12.6 Å². The molecule has 0 atom stereocenters. The molecule has 1 aliphatic carbocycles. The predicted octanol–water partition coefficient (Wildman–Crippen LogP) is 6.91. The Balaban J connectivity index is 1.41. The number of pyridine rings is 1. The van der Waals surface area contributed by atoms with E-state index in [2.05, 4.69) is 70.8 Å². The molecular weight excluding hydrogens is 352 g/mol. The molecule has 2 aromatic carbocycles. The van der Waals surface area contributed by atoms with Crippen LogP contribution in [0.15, 0.2) is 54.6 Å². The average molecular weight is 386 g/mol. The van der Waals surface area contributed by atoms with Gasteiger partial charge in [-0.3, -0.25) is 0 Å². The maximum absolute atomic E-state index is 2.57. The lowest BCUT2D eigenvalue weighted by atomic mass is 9.85. The van der Waals surface area contributed by atoms with E-state index in [0.29, 0.717) is 0 Å². The fraction of sp³-hybridized carbons (Fsp3) is 0.444. The second-order valence-electron chi connectivity index (χ2n) is 9.02. The van der Waals surface area contributed by atoms with Gasteiger partial charge in [-0.2, -0.15) is 4.57 Å². The lowest BCUT2D eigenvalue weighted by molar-refractivity contribution is -0.616. The molecule has 0 amide bonds. The van der Waals surface area contributed by atoms with Gasteiger partial charge in [0.2, 0.25) is 11.0 Å². The van der Waals surface area contributed by atoms with E-state index in [1.165, 1.54) is 90.6 Å². The lowest BCUT2D eigenvalue weighted by Crippen LogP contribution is -2.29. The Kier molecular flexibility index (Phi) is 5.26. The van der Waals surface area contributed by atoms with Crippen molar-refractivity contribution in [1.82, 2.24) is 4.57 Å². The molecule has 0 aliphatic heterocycles. The van der Waals surface area contributed by atoms with E-state index >= 15 is 0 Å². The highest BCUT2D eigenvalue weighted by Crippen LogP contribution is 2.30. The molecular formula is C27H33N2+. The van der Waals surface area contributed by atoms with E-state index in [-0.39, 0.29) is 0 Å². The normalized spacial score (nSPS) is 15.6. The highest BCUT2D eigenvalue weighted by Gasteiger charge is 2.20. The van der Waals surface area contributed by atoms with Gasteiger partial charge in [-0.25, -0.2) is 0 Å². The Morgan fingerprint density at radius 3 is 2.55 bits per heavy atom. The molecule has 0 radical (unpaired) electrons. The Bertz CT molecular complexity index is 1130. The van der Waals surface area contributed by atoms with E-state index in [1.807, 2.05) is 0 Å². The molecule has 2 heterocycles. The third-order valence-electron chi connectivity index (χ3n) is 7.13. The number of hydrogen-bond acceptors (Lipinski definition) is 0. The van der Waals surface area contributed by atoms with Gasteiger partial charge in [0.25, 0.3) is 0 Å². The van der Waals surface area contributed by atoms with Crippen LogP contribution in [0.1, 0.15) is 57.8 Å². The number of unbranched alkanes of at least 4 members (excludes halogenated alkanes) is 2. The minimum absolute atomic E-state index is 1.02. The third-order valence-corrected chi connectivity index (χ3v) is 7.13. The fourth-order valence-electron chi connectivity index (χ4n) is 5.58. The van der Waals surface area contributed by atoms with Crippen LogP contribution in [0.3, 0.4) is 0 Å². The van der Waals surface area contributed by atoms with Crippen molar-refractivity contribution in [1.29, 1.82) is 0 Å². The highest BCUT2D eigenvalue weighted by atomic mass is 15.0. The number of hydrogen-bond donors (Lipinski definition) is 0. The molecule has 150 valence electrons. The van der Waals surface area contributed by atoms with Crippen molar-refractivity contribution in [3.05, 3.63) is 54.6 Å². The quantitative estimate of drug-likeness (QED) is 0.252. The lowest BCUT2D eigenvalue weighted by Gasteiger charge is -2.21. The molecule has 0 unspecified atom stereocenters. The Labute approximate surface area is 174 Å². The van der Waals surface area contributed by atoms with Crippen LogP contribution in [0, 0.1) is 5.92 Å². The van der Waals surface area contributed by atoms with E-state index in [0.717, 1.165) is 12.5 Å². The number of aromatic nitrogens is 2. The number of rotatable bonds is 6. The summed E-state index contributed by atoms with van der Waals surface area (Å²) >= 11 is 0. The summed E-state index contributed by atoms with van der Waals surface area (Å²) in [5.41, 5.74) is 5.41. The number of aryl methyl sites for hydroxylation is 2. The Morgan fingerprint density at radius 2 is 1.66 bits per heavy atom. The first-order chi connectivity index (χ1) is 14.3. The molecule has 0 N–H and O–H groups in total. The van der Waals surface area contributed by atoms with Crippen molar-refractivity contribution in [2.75, 3.05) is 0 Å². The molecule has 5 rings (SSSR count). The monoisotopic (exact) mass is 385 g/mol. The highest BCUT2D eigenvalue weighted by molar-refractivity contribution is 6.06. The molecule has 1 saturated carbocycles. The van der Waals surface area contributed by atoms with Crippen molar-refractivity contribution in [2.24, 2.45) is 13.0 Å². The first kappa shape index (κ1) is 18.7. The van der Waals surface area contributed by atoms with Crippen LogP contribution in [-0.4, -0.2) is 4.57 Å². The third kappa shape index (κ3) is 3.54. The van der Waals surface area contributed by atoms with E-state index in [9.17, 15) is 0 Å². The fourth-order valence-corrected chi connectivity index (χ4v) is 5.58. The minimum Gasteiger partial charge on any atom is -0.335 e. The molecule has 4 aromatic rings. The van der Waals surface area contributed by atoms with Gasteiger partial charge in [0.15, 0.2) is 0 Å². The van der Waals surface area contributed by atoms with Crippen molar-refractivity contribution in [3.63, 3.8) is 0 Å². The van der Waals surface area contributed by atoms with Crippen LogP contribution in [0.5, 0.6) is 0 Å². The maximum Gasteiger partial charge on any atom is 0.238 e. The van der Waals surface area contributed by atoms with Crippen LogP contribution in [-0.2, 0) is 13.6 Å². The van der Waals surface area contributed by atoms with Gasteiger partial charge in [-0.15, -0.1) is 0 Å². The Morgan fingerprint density at radius 1 is 0.862 bits per heavy atom. The Hall–Kier alpha value is -2.35. The summed E-state index contributed by atoms with van der Waals surface area (Å²) < 4.78 is 4.95. The zero-order valence-corrected chi connectivity index (χ0v) is 17.7. The summed E-state index contributed by atoms with van der Waals surface area (Å²) in [5, 5.41) is 2.70. The predicted molar refractivity (Wildman–Crippen MR) is 123 cm³/mol. The van der Waals surface area contributed by atoms with Gasteiger partial charge in [0, 0.05) is 18.0 Å². The van der Waals surface area contributed by atoms with Crippen molar-refractivity contribution < 1.29 is 4.57 Å². The zero-order chi connectivity index (χ0) is 19.6. The van der Waals surface area contributed by atoms with Gasteiger partial charge in [-0.05, 0) is 36.6 Å². The standard InChI is InChI=1S/C27H33N2/c1-28-24-17-9-7-15-22(24)20-26-27(28)23-16-8-10-18-25(23)29(26)19-11-3-6-14-21-12-4-2-5-13-21/h7-10,15-18,20-21H,2-6,11-14,19H2,1H3/q+1. The molecule has 0 spiro atoms. The first-order valence-corrected chi connectivity index (χ1v) is 11.6. The molecule has 0 bridgehead atoms. The second-order valence-corrected chi connectivity index (χ2v) is 9.02. The molecule has 29 heavy (non-hydrogen) atoms. The van der Waals surface area contributed by atoms with Gasteiger partial charge < -0.3 is 4.57 Å². The summed E-state index contributed by atoms with van der Waals surface area (Å²) in [7, 11) is 2.21. The molecule has 2 nitrogen and oxygen atoms in total. The van der Waals surface area contributed by atoms with E-state index in [4.69, 9.17) is 0 Å². The molecule has 2 aromatic heterocycles. The SMILES string of the molecule is C[n+]1c2ccccc2cc2c1c1ccccc1n2CCCCCC1CCCCC1. The first-order valence-electron chi connectivity index (χ1n) is 11.6. The van der Waals surface area contributed by atoms with Crippen molar-refractivity contribution in [2.45, 2.75) is 64.3 Å². The summed E-state index contributed by atoms with van der Waals surface area (Å²) in [6.45, 7) is 1.12. The average Bonchev–Trinajstić information content (AvgIpc) is 3.08. The van der Waals surface area contributed by atoms with Crippen LogP contribution in [0.25, 0.3) is 32.8 Å². The van der Waals surface area contributed by atoms with Crippen LogP contribution in [0.2, 0.25) is 0 Å². The van der Waals surface area contributed by atoms with Crippen LogP contribution in [0.4, 0.5) is 0 Å². The van der Waals surface area contributed by atoms with Gasteiger partial charge in [-0.1, -0.05) is 75.6 Å². The number of para-hydroxylation sites is 2. The van der Waals surface area contributed by atoms with Gasteiger partial charge in [0.05, 0.1) is 10.9 Å². The van der Waals surface area contributed by atoms with Gasteiger partial charge >= 0.3 is 0 Å². The molecule has 2 heteroatoms. The smallest absolute Gasteiger partial charge is 0.238 e. The maximum atomic E-state index is 2.57. The van der Waals surface area contributed by atoms with Crippen molar-refractivity contribution in [3.8, 4) is 0 Å². The summed E-state index contributed by atoms with van der Waals surface area (Å²) in [6.07, 6.45) is 12.9. The number of fused-ring (bicyclic) bond motifs is 4. The number of benzene rings is 2. The summed E-state index contributed by atoms with van der Waals surface area (Å²) in [6, 6.07) is 20.1. The zero-order valence-electron chi connectivity index (χ0n) is 17.7. The number of nitrogens with zero attached hydrogens (tertiary/aromatic N) is 2. The largest absolute Gasteiger partial charge is 0.335 e. The van der Waals surface area contributed by atoms with Crippen LogP contribution >= 0.6 is 0 Å². The van der Waals surface area contributed by atoms with E-state index < -0.39 is 0 Å². The molecule has 1 aliphatic rings. The summed E-state index contributed by atoms with van der Waals surface area (Å²) in [5.74, 6) is 1.02. The topological polar surface area (TPSA) is 8.81 Å². The minimum atomic E-state index is 1.02. The second kappa shape index (κ2) is 8.18.